The van der Waals surface area contributed by atoms with Gasteiger partial charge in [-0.2, -0.15) is 5.10 Å². The first kappa shape index (κ1) is 10.6. The normalized spacial score (nSPS) is 13.0. The predicted molar refractivity (Wildman–Crippen MR) is 59.5 cm³/mol. The standard InChI is InChI=1S/C8H10ClN5S/c1-14-8(5(9)2-12-14)7(13-10)6-3-15-4-11-6/h2-4,7,13H,10H2,1H3. The Kier molecular flexibility index (Phi) is 3.01. The second-order valence-electron chi connectivity index (χ2n) is 3.01. The molecule has 2 heterocycles. The molecule has 80 valence electrons. The van der Waals surface area contributed by atoms with Gasteiger partial charge in [0.1, 0.15) is 6.04 Å². The van der Waals surface area contributed by atoms with Crippen molar-refractivity contribution in [2.24, 2.45) is 12.9 Å². The van der Waals surface area contributed by atoms with Crippen LogP contribution in [0.25, 0.3) is 0 Å². The van der Waals surface area contributed by atoms with E-state index in [-0.39, 0.29) is 6.04 Å². The summed E-state index contributed by atoms with van der Waals surface area (Å²) in [6.45, 7) is 0. The van der Waals surface area contributed by atoms with Crippen molar-refractivity contribution in [3.63, 3.8) is 0 Å². The number of nitrogens with zero attached hydrogens (tertiary/aromatic N) is 3. The molecule has 0 saturated carbocycles. The van der Waals surface area contributed by atoms with Crippen molar-refractivity contribution < 1.29 is 0 Å². The molecule has 2 rings (SSSR count). The number of halogens is 1. The van der Waals surface area contributed by atoms with Crippen LogP contribution in [0, 0.1) is 0 Å². The number of hydrogen-bond donors (Lipinski definition) is 2. The van der Waals surface area contributed by atoms with Crippen molar-refractivity contribution in [3.8, 4) is 0 Å². The number of thiazole rings is 1. The summed E-state index contributed by atoms with van der Waals surface area (Å²) in [7, 11) is 1.82. The van der Waals surface area contributed by atoms with Crippen molar-refractivity contribution in [3.05, 3.63) is 33.5 Å². The van der Waals surface area contributed by atoms with Crippen LogP contribution >= 0.6 is 22.9 Å². The van der Waals surface area contributed by atoms with Gasteiger partial charge >= 0.3 is 0 Å². The minimum Gasteiger partial charge on any atom is -0.270 e. The Bertz CT molecular complexity index is 418. The van der Waals surface area contributed by atoms with E-state index in [1.165, 1.54) is 11.3 Å². The van der Waals surface area contributed by atoms with Gasteiger partial charge in [-0.05, 0) is 0 Å². The van der Waals surface area contributed by atoms with Gasteiger partial charge in [-0.3, -0.25) is 10.5 Å². The molecular formula is C8H10ClN5S. The molecule has 2 aromatic heterocycles. The number of nitrogens with two attached hydrogens (primary N) is 1. The first-order valence-electron chi connectivity index (χ1n) is 4.25. The summed E-state index contributed by atoms with van der Waals surface area (Å²) in [5, 5.41) is 6.56. The second-order valence-corrected chi connectivity index (χ2v) is 4.14. The topological polar surface area (TPSA) is 68.8 Å². The van der Waals surface area contributed by atoms with Crippen molar-refractivity contribution >= 4 is 22.9 Å². The lowest BCUT2D eigenvalue weighted by Crippen LogP contribution is -2.30. The molecule has 15 heavy (non-hydrogen) atoms. The Morgan fingerprint density at radius 1 is 1.67 bits per heavy atom. The summed E-state index contributed by atoms with van der Waals surface area (Å²) in [6.07, 6.45) is 1.59. The molecule has 3 N–H and O–H groups in total. The van der Waals surface area contributed by atoms with Crippen LogP contribution in [0.5, 0.6) is 0 Å². The molecule has 1 atom stereocenters. The fourth-order valence-electron chi connectivity index (χ4n) is 1.41. The molecule has 0 aliphatic rings. The fourth-order valence-corrected chi connectivity index (χ4v) is 2.27. The van der Waals surface area contributed by atoms with Crippen molar-refractivity contribution in [1.82, 2.24) is 20.2 Å². The van der Waals surface area contributed by atoms with Crippen molar-refractivity contribution in [1.29, 1.82) is 0 Å². The number of aryl methyl sites for hydroxylation is 1. The molecule has 0 amide bonds. The highest BCUT2D eigenvalue weighted by Crippen LogP contribution is 2.26. The third-order valence-electron chi connectivity index (χ3n) is 2.12. The molecule has 0 aliphatic heterocycles. The van der Waals surface area contributed by atoms with Crippen LogP contribution in [0.15, 0.2) is 17.1 Å². The predicted octanol–water partition coefficient (Wildman–Crippen LogP) is 1.08. The summed E-state index contributed by atoms with van der Waals surface area (Å²) >= 11 is 7.55. The molecule has 0 fully saturated rings. The summed E-state index contributed by atoms with van der Waals surface area (Å²) in [5.74, 6) is 5.51. The lowest BCUT2D eigenvalue weighted by atomic mass is 10.1. The largest absolute Gasteiger partial charge is 0.270 e. The molecule has 7 heteroatoms. The van der Waals surface area contributed by atoms with Gasteiger partial charge in [-0.15, -0.1) is 11.3 Å². The maximum atomic E-state index is 6.03. The minimum absolute atomic E-state index is 0.226. The van der Waals surface area contributed by atoms with Crippen LogP contribution in [0.2, 0.25) is 5.02 Å². The van der Waals surface area contributed by atoms with Gasteiger partial charge in [-0.1, -0.05) is 11.6 Å². The van der Waals surface area contributed by atoms with Gasteiger partial charge in [0.15, 0.2) is 0 Å². The average Bonchev–Trinajstić information content (AvgIpc) is 2.83. The molecule has 0 aliphatic carbocycles. The smallest absolute Gasteiger partial charge is 0.107 e. The van der Waals surface area contributed by atoms with Crippen LogP contribution in [-0.2, 0) is 7.05 Å². The Morgan fingerprint density at radius 3 is 2.93 bits per heavy atom. The molecular weight excluding hydrogens is 234 g/mol. The Morgan fingerprint density at radius 2 is 2.47 bits per heavy atom. The van der Waals surface area contributed by atoms with Gasteiger partial charge in [0.2, 0.25) is 0 Å². The van der Waals surface area contributed by atoms with Crippen molar-refractivity contribution in [2.45, 2.75) is 6.04 Å². The zero-order chi connectivity index (χ0) is 10.8. The SMILES string of the molecule is Cn1ncc(Cl)c1C(NN)c1cscn1. The number of aromatic nitrogens is 3. The maximum absolute atomic E-state index is 6.03. The van der Waals surface area contributed by atoms with Gasteiger partial charge in [0.05, 0.1) is 28.1 Å². The van der Waals surface area contributed by atoms with E-state index < -0.39 is 0 Å². The summed E-state index contributed by atoms with van der Waals surface area (Å²) < 4.78 is 1.69. The van der Waals surface area contributed by atoms with E-state index in [9.17, 15) is 0 Å². The first-order chi connectivity index (χ1) is 7.24. The number of hydrogen-bond acceptors (Lipinski definition) is 5. The fraction of sp³-hybridized carbons (Fsp3) is 0.250. The van der Waals surface area contributed by atoms with E-state index in [4.69, 9.17) is 17.4 Å². The van der Waals surface area contributed by atoms with Gasteiger partial charge in [0.25, 0.3) is 0 Å². The number of rotatable bonds is 3. The molecule has 5 nitrogen and oxygen atoms in total. The molecule has 1 unspecified atom stereocenters. The quantitative estimate of drug-likeness (QED) is 0.625. The molecule has 2 aromatic rings. The summed E-state index contributed by atoms with van der Waals surface area (Å²) in [6, 6.07) is -0.226. The van der Waals surface area contributed by atoms with E-state index in [1.807, 2.05) is 12.4 Å². The first-order valence-corrected chi connectivity index (χ1v) is 5.57. The number of nitrogens with one attached hydrogen (secondary N) is 1. The third kappa shape index (κ3) is 1.89. The van der Waals surface area contributed by atoms with Gasteiger partial charge < -0.3 is 0 Å². The van der Waals surface area contributed by atoms with Crippen LogP contribution in [0.4, 0.5) is 0 Å². The van der Waals surface area contributed by atoms with Crippen LogP contribution < -0.4 is 11.3 Å². The molecule has 0 radical (unpaired) electrons. The third-order valence-corrected chi connectivity index (χ3v) is 3.02. The van der Waals surface area contributed by atoms with E-state index in [1.54, 1.807) is 16.4 Å². The highest BCUT2D eigenvalue weighted by molar-refractivity contribution is 7.07. The van der Waals surface area contributed by atoms with Crippen LogP contribution in [0.1, 0.15) is 17.4 Å². The summed E-state index contributed by atoms with van der Waals surface area (Å²) in [4.78, 5) is 4.20. The summed E-state index contributed by atoms with van der Waals surface area (Å²) in [5.41, 5.74) is 6.09. The maximum Gasteiger partial charge on any atom is 0.107 e. The lowest BCUT2D eigenvalue weighted by Gasteiger charge is -2.14. The second kappa shape index (κ2) is 4.28. The number of hydrazine groups is 1. The average molecular weight is 244 g/mol. The molecule has 0 bridgehead atoms. The van der Waals surface area contributed by atoms with Crippen LogP contribution in [-0.4, -0.2) is 14.8 Å². The van der Waals surface area contributed by atoms with E-state index in [0.29, 0.717) is 5.02 Å². The Balaban J connectivity index is 2.44. The van der Waals surface area contributed by atoms with E-state index in [2.05, 4.69) is 15.5 Å². The van der Waals surface area contributed by atoms with Crippen molar-refractivity contribution in [2.75, 3.05) is 0 Å². The van der Waals surface area contributed by atoms with E-state index in [0.717, 1.165) is 11.4 Å². The van der Waals surface area contributed by atoms with Gasteiger partial charge in [-0.25, -0.2) is 10.4 Å². The zero-order valence-electron chi connectivity index (χ0n) is 8.01. The van der Waals surface area contributed by atoms with Crippen LogP contribution in [0.3, 0.4) is 0 Å². The molecule has 0 spiro atoms. The molecule has 0 saturated heterocycles. The van der Waals surface area contributed by atoms with Gasteiger partial charge in [0, 0.05) is 12.4 Å². The highest BCUT2D eigenvalue weighted by Gasteiger charge is 2.21. The highest BCUT2D eigenvalue weighted by atomic mass is 35.5. The Hall–Kier alpha value is -0.950. The minimum atomic E-state index is -0.226. The zero-order valence-corrected chi connectivity index (χ0v) is 9.59. The Labute approximate surface area is 95.8 Å². The molecule has 0 aromatic carbocycles. The lowest BCUT2D eigenvalue weighted by molar-refractivity contribution is 0.566. The van der Waals surface area contributed by atoms with E-state index >= 15 is 0 Å². The monoisotopic (exact) mass is 243 g/mol.